The van der Waals surface area contributed by atoms with Gasteiger partial charge in [-0.15, -0.1) is 0 Å². The number of amides is 1. The van der Waals surface area contributed by atoms with Crippen LogP contribution in [0.5, 0.6) is 5.75 Å². The van der Waals surface area contributed by atoms with E-state index in [-0.39, 0.29) is 17.8 Å². The van der Waals surface area contributed by atoms with Crippen molar-refractivity contribution >= 4 is 17.6 Å². The lowest BCUT2D eigenvalue weighted by molar-refractivity contribution is -0.147. The lowest BCUT2D eigenvalue weighted by atomic mass is 9.78. The number of carboxylic acid groups (broad SMARTS) is 1. The summed E-state index contributed by atoms with van der Waals surface area (Å²) in [5.74, 6) is -2.66. The van der Waals surface area contributed by atoms with E-state index in [1.54, 1.807) is 30.3 Å². The maximum Gasteiger partial charge on any atom is 0.307 e. The first kappa shape index (κ1) is 25.2. The van der Waals surface area contributed by atoms with Crippen LogP contribution in [0.25, 0.3) is 11.1 Å². The molecule has 4 rings (SSSR count). The second-order valence-corrected chi connectivity index (χ2v) is 9.47. The Labute approximate surface area is 205 Å². The molecule has 0 bridgehead atoms. The summed E-state index contributed by atoms with van der Waals surface area (Å²) in [6.45, 7) is 2.47. The van der Waals surface area contributed by atoms with E-state index in [0.29, 0.717) is 42.9 Å². The predicted molar refractivity (Wildman–Crippen MR) is 132 cm³/mol. The Morgan fingerprint density at radius 3 is 2.43 bits per heavy atom. The van der Waals surface area contributed by atoms with E-state index in [4.69, 9.17) is 9.47 Å². The third kappa shape index (κ3) is 6.01. The zero-order valence-corrected chi connectivity index (χ0v) is 20.2. The molecule has 1 amide bonds. The number of hydrogen-bond donors (Lipinski definition) is 2. The topological polar surface area (TPSA) is 84.9 Å². The van der Waals surface area contributed by atoms with Gasteiger partial charge in [0.25, 0.3) is 0 Å². The van der Waals surface area contributed by atoms with E-state index in [2.05, 4.69) is 5.32 Å². The number of benzene rings is 2. The van der Waals surface area contributed by atoms with Crippen LogP contribution in [0.4, 0.5) is 10.1 Å². The lowest BCUT2D eigenvalue weighted by Gasteiger charge is -2.27. The van der Waals surface area contributed by atoms with Gasteiger partial charge in [0.1, 0.15) is 0 Å². The van der Waals surface area contributed by atoms with E-state index in [9.17, 15) is 14.7 Å². The first-order chi connectivity index (χ1) is 17.0. The van der Waals surface area contributed by atoms with E-state index in [1.807, 2.05) is 13.0 Å². The van der Waals surface area contributed by atoms with Crippen molar-refractivity contribution in [2.45, 2.75) is 71.0 Å². The maximum atomic E-state index is 15.2. The fourth-order valence-electron chi connectivity index (χ4n) is 5.28. The zero-order chi connectivity index (χ0) is 24.8. The van der Waals surface area contributed by atoms with Crippen LogP contribution in [0, 0.1) is 17.7 Å². The maximum absolute atomic E-state index is 15.2. The number of carbonyl (C=O) groups is 2. The number of aliphatic carboxylic acids is 1. The molecular weight excluding hydrogens is 449 g/mol. The van der Waals surface area contributed by atoms with Gasteiger partial charge in [0, 0.05) is 11.3 Å². The number of halogens is 1. The molecule has 2 aromatic carbocycles. The molecule has 0 spiro atoms. The summed E-state index contributed by atoms with van der Waals surface area (Å²) >= 11 is 0. The Bertz CT molecular complexity index is 1050. The van der Waals surface area contributed by atoms with Gasteiger partial charge in [-0.25, -0.2) is 4.39 Å². The van der Waals surface area contributed by atoms with Crippen molar-refractivity contribution in [1.29, 1.82) is 0 Å². The Kier molecular flexibility index (Phi) is 8.39. The van der Waals surface area contributed by atoms with E-state index >= 15 is 4.39 Å². The smallest absolute Gasteiger partial charge is 0.307 e. The number of nitrogens with one attached hydrogen (secondary N) is 1. The van der Waals surface area contributed by atoms with Crippen LogP contribution in [0.3, 0.4) is 0 Å². The molecule has 188 valence electrons. The van der Waals surface area contributed by atoms with Crippen LogP contribution >= 0.6 is 0 Å². The first-order valence-electron chi connectivity index (χ1n) is 12.7. The molecule has 0 saturated heterocycles. The average Bonchev–Trinajstić information content (AvgIpc) is 3.38. The highest BCUT2D eigenvalue weighted by molar-refractivity contribution is 5.95. The Morgan fingerprint density at radius 1 is 1.00 bits per heavy atom. The standard InChI is InChI=1S/C28H34FNO5/c1-2-34-25-13-7-12-22(26(25)29)21-15-14-19(16-18(21)17-35-20-8-3-4-9-20)30-27(31)23-10-5-6-11-24(23)28(32)33/h7,12-16,20,23-24H,2-6,8-11,17H2,1H3,(H,30,31)(H,32,33)/t23-,24+/m1/s1. The fourth-order valence-corrected chi connectivity index (χ4v) is 5.28. The molecule has 2 aliphatic carbocycles. The fraction of sp³-hybridized carbons (Fsp3) is 0.500. The number of hydrogen-bond acceptors (Lipinski definition) is 4. The molecular formula is C28H34FNO5. The van der Waals surface area contributed by atoms with Gasteiger partial charge in [-0.3, -0.25) is 9.59 Å². The van der Waals surface area contributed by atoms with Crippen LogP contribution in [0.1, 0.15) is 63.9 Å². The quantitative estimate of drug-likeness (QED) is 0.445. The lowest BCUT2D eigenvalue weighted by Crippen LogP contribution is -2.36. The Balaban J connectivity index is 1.61. The molecule has 6 nitrogen and oxygen atoms in total. The van der Waals surface area contributed by atoms with Crippen molar-refractivity contribution < 1.29 is 28.6 Å². The van der Waals surface area contributed by atoms with Crippen LogP contribution < -0.4 is 10.1 Å². The molecule has 0 heterocycles. The largest absolute Gasteiger partial charge is 0.491 e. The van der Waals surface area contributed by atoms with Crippen LogP contribution in [0.15, 0.2) is 36.4 Å². The number of carboxylic acids is 1. The number of carbonyl (C=O) groups excluding carboxylic acids is 1. The van der Waals surface area contributed by atoms with Gasteiger partial charge >= 0.3 is 5.97 Å². The average molecular weight is 484 g/mol. The summed E-state index contributed by atoms with van der Waals surface area (Å²) in [4.78, 5) is 24.7. The van der Waals surface area contributed by atoms with Crippen molar-refractivity contribution in [3.8, 4) is 16.9 Å². The van der Waals surface area contributed by atoms with Gasteiger partial charge in [0.15, 0.2) is 11.6 Å². The summed E-state index contributed by atoms with van der Waals surface area (Å²) in [5, 5.41) is 12.5. The van der Waals surface area contributed by atoms with Crippen molar-refractivity contribution in [2.75, 3.05) is 11.9 Å². The van der Waals surface area contributed by atoms with Crippen molar-refractivity contribution in [1.82, 2.24) is 0 Å². The molecule has 0 unspecified atom stereocenters. The highest BCUT2D eigenvalue weighted by Crippen LogP contribution is 2.35. The molecule has 2 aliphatic rings. The Hall–Kier alpha value is -2.93. The molecule has 0 aromatic heterocycles. The molecule has 0 radical (unpaired) electrons. The normalized spacial score (nSPS) is 20.5. The van der Waals surface area contributed by atoms with Crippen molar-refractivity contribution in [3.63, 3.8) is 0 Å². The molecule has 2 saturated carbocycles. The van der Waals surface area contributed by atoms with E-state index in [1.165, 1.54) is 0 Å². The third-order valence-electron chi connectivity index (χ3n) is 7.12. The van der Waals surface area contributed by atoms with Gasteiger partial charge in [0.2, 0.25) is 5.91 Å². The zero-order valence-electron chi connectivity index (χ0n) is 20.2. The van der Waals surface area contributed by atoms with Crippen molar-refractivity contribution in [3.05, 3.63) is 47.8 Å². The highest BCUT2D eigenvalue weighted by Gasteiger charge is 2.35. The SMILES string of the molecule is CCOc1cccc(-c2ccc(NC(=O)[C@@H]3CCCC[C@@H]3C(=O)O)cc2COC2CCCC2)c1F. The summed E-state index contributed by atoms with van der Waals surface area (Å²) in [5.41, 5.74) is 2.42. The second-order valence-electron chi connectivity index (χ2n) is 9.47. The minimum Gasteiger partial charge on any atom is -0.491 e. The van der Waals surface area contributed by atoms with Crippen LogP contribution in [-0.4, -0.2) is 29.7 Å². The van der Waals surface area contributed by atoms with E-state index in [0.717, 1.165) is 44.1 Å². The summed E-state index contributed by atoms with van der Waals surface area (Å²) in [7, 11) is 0. The summed E-state index contributed by atoms with van der Waals surface area (Å²) in [6.07, 6.45) is 7.24. The monoisotopic (exact) mass is 483 g/mol. The summed E-state index contributed by atoms with van der Waals surface area (Å²) in [6, 6.07) is 10.4. The molecule has 2 atom stereocenters. The first-order valence-corrected chi connectivity index (χ1v) is 12.7. The van der Waals surface area contributed by atoms with Gasteiger partial charge in [0.05, 0.1) is 31.2 Å². The molecule has 2 aromatic rings. The second kappa shape index (κ2) is 11.7. The molecule has 0 aliphatic heterocycles. The minimum atomic E-state index is -0.921. The van der Waals surface area contributed by atoms with Crippen LogP contribution in [-0.2, 0) is 20.9 Å². The minimum absolute atomic E-state index is 0.180. The van der Waals surface area contributed by atoms with E-state index < -0.39 is 23.6 Å². The number of rotatable bonds is 9. The Morgan fingerprint density at radius 2 is 1.71 bits per heavy atom. The predicted octanol–water partition coefficient (Wildman–Crippen LogP) is 6.18. The highest BCUT2D eigenvalue weighted by atomic mass is 19.1. The number of anilines is 1. The van der Waals surface area contributed by atoms with Crippen LogP contribution in [0.2, 0.25) is 0 Å². The molecule has 2 N–H and O–H groups in total. The number of ether oxygens (including phenoxy) is 2. The van der Waals surface area contributed by atoms with Gasteiger partial charge in [-0.05, 0) is 61.9 Å². The van der Waals surface area contributed by atoms with Gasteiger partial charge < -0.3 is 19.9 Å². The van der Waals surface area contributed by atoms with Gasteiger partial charge in [-0.2, -0.15) is 0 Å². The summed E-state index contributed by atoms with van der Waals surface area (Å²) < 4.78 is 26.8. The van der Waals surface area contributed by atoms with Crippen molar-refractivity contribution in [2.24, 2.45) is 11.8 Å². The van der Waals surface area contributed by atoms with Gasteiger partial charge in [-0.1, -0.05) is 43.9 Å². The third-order valence-corrected chi connectivity index (χ3v) is 7.12. The molecule has 7 heteroatoms. The molecule has 2 fully saturated rings. The molecule has 35 heavy (non-hydrogen) atoms.